The van der Waals surface area contributed by atoms with Gasteiger partial charge >= 0.3 is 0 Å². The molecule has 0 aliphatic rings. The molecule has 102 valence electrons. The molecule has 0 unspecified atom stereocenters. The molecule has 1 aromatic heterocycles. The molecule has 0 N–H and O–H groups in total. The van der Waals surface area contributed by atoms with Crippen LogP contribution in [0.4, 0.5) is 4.39 Å². The molecule has 0 amide bonds. The van der Waals surface area contributed by atoms with Crippen molar-refractivity contribution in [3.8, 4) is 5.69 Å². The zero-order valence-corrected chi connectivity index (χ0v) is 12.6. The van der Waals surface area contributed by atoms with Gasteiger partial charge in [0.25, 0.3) is 0 Å². The molecule has 3 heteroatoms. The van der Waals surface area contributed by atoms with Gasteiger partial charge in [-0.1, -0.05) is 40.2 Å². The largest absolute Gasteiger partial charge is 0.309 e. The molecule has 1 heterocycles. The summed E-state index contributed by atoms with van der Waals surface area (Å²) in [5, 5.41) is 2.39. The van der Waals surface area contributed by atoms with E-state index in [0.29, 0.717) is 0 Å². The highest BCUT2D eigenvalue weighted by Crippen LogP contribution is 2.33. The molecule has 0 aliphatic carbocycles. The summed E-state index contributed by atoms with van der Waals surface area (Å²) in [6.07, 6.45) is 0. The Hall–Kier alpha value is -2.13. The molecule has 1 nitrogen and oxygen atoms in total. The molecule has 4 aromatic rings. The lowest BCUT2D eigenvalue weighted by Gasteiger charge is -2.07. The predicted octanol–water partition coefficient (Wildman–Crippen LogP) is 5.69. The van der Waals surface area contributed by atoms with Gasteiger partial charge in [-0.2, -0.15) is 0 Å². The number of hydrogen-bond acceptors (Lipinski definition) is 0. The van der Waals surface area contributed by atoms with E-state index in [1.807, 2.05) is 30.3 Å². The fourth-order valence-electron chi connectivity index (χ4n) is 2.81. The zero-order valence-electron chi connectivity index (χ0n) is 11.1. The lowest BCUT2D eigenvalue weighted by molar-refractivity contribution is 0.627. The van der Waals surface area contributed by atoms with E-state index in [0.717, 1.165) is 21.2 Å². The van der Waals surface area contributed by atoms with E-state index >= 15 is 0 Å². The minimum Gasteiger partial charge on any atom is -0.309 e. The molecule has 0 spiro atoms. The maximum Gasteiger partial charge on any atom is 0.123 e. The van der Waals surface area contributed by atoms with Crippen molar-refractivity contribution in [2.45, 2.75) is 0 Å². The Kier molecular flexibility index (Phi) is 2.82. The molecule has 21 heavy (non-hydrogen) atoms. The minimum atomic E-state index is -0.222. The third-order valence-electron chi connectivity index (χ3n) is 3.72. The highest BCUT2D eigenvalue weighted by Gasteiger charge is 2.11. The van der Waals surface area contributed by atoms with Crippen molar-refractivity contribution in [1.29, 1.82) is 0 Å². The molecule has 4 rings (SSSR count). The van der Waals surface area contributed by atoms with Crippen molar-refractivity contribution in [1.82, 2.24) is 4.57 Å². The third-order valence-corrected chi connectivity index (χ3v) is 4.21. The molecule has 0 saturated carbocycles. The summed E-state index contributed by atoms with van der Waals surface area (Å²) in [5.41, 5.74) is 3.19. The van der Waals surface area contributed by atoms with E-state index in [1.165, 1.54) is 22.9 Å². The zero-order chi connectivity index (χ0) is 14.4. The van der Waals surface area contributed by atoms with Crippen LogP contribution in [0.15, 0.2) is 71.2 Å². The van der Waals surface area contributed by atoms with Gasteiger partial charge in [-0.3, -0.25) is 0 Å². The first-order chi connectivity index (χ1) is 10.2. The smallest absolute Gasteiger partial charge is 0.123 e. The quantitative estimate of drug-likeness (QED) is 0.420. The summed E-state index contributed by atoms with van der Waals surface area (Å²) in [6.45, 7) is 0. The maximum absolute atomic E-state index is 13.2. The normalized spacial score (nSPS) is 11.3. The first-order valence-corrected chi connectivity index (χ1v) is 7.48. The van der Waals surface area contributed by atoms with E-state index in [4.69, 9.17) is 0 Å². The Balaban J connectivity index is 2.18. The number of nitrogens with zero attached hydrogens (tertiary/aromatic N) is 1. The van der Waals surface area contributed by atoms with Crippen LogP contribution in [0, 0.1) is 5.82 Å². The van der Waals surface area contributed by atoms with Crippen molar-refractivity contribution in [3.63, 3.8) is 0 Å². The minimum absolute atomic E-state index is 0.222. The van der Waals surface area contributed by atoms with Gasteiger partial charge in [-0.25, -0.2) is 4.39 Å². The molecule has 0 atom stereocenters. The first kappa shape index (κ1) is 12.6. The standard InChI is InChI=1S/C18H11BrFN/c19-12-5-10-16-15-3-1-2-4-17(15)21(18(16)11-12)14-8-6-13(20)7-9-14/h1-11H. The van der Waals surface area contributed by atoms with E-state index in [-0.39, 0.29) is 5.82 Å². The Bertz CT molecular complexity index is 954. The van der Waals surface area contributed by atoms with Crippen LogP contribution in [0.2, 0.25) is 0 Å². The monoisotopic (exact) mass is 339 g/mol. The van der Waals surface area contributed by atoms with Crippen molar-refractivity contribution >= 4 is 37.7 Å². The molecule has 0 aliphatic heterocycles. The fraction of sp³-hybridized carbons (Fsp3) is 0. The summed E-state index contributed by atoms with van der Waals surface area (Å²) in [5.74, 6) is -0.222. The second-order valence-electron chi connectivity index (χ2n) is 4.99. The second kappa shape index (κ2) is 4.71. The number of hydrogen-bond donors (Lipinski definition) is 0. The van der Waals surface area contributed by atoms with Crippen LogP contribution >= 0.6 is 15.9 Å². The van der Waals surface area contributed by atoms with Crippen molar-refractivity contribution in [3.05, 3.63) is 77.0 Å². The molecule has 3 aromatic carbocycles. The number of fused-ring (bicyclic) bond motifs is 3. The SMILES string of the molecule is Fc1ccc(-n2c3ccccc3c3ccc(Br)cc32)cc1. The van der Waals surface area contributed by atoms with Gasteiger partial charge in [0, 0.05) is 20.9 Å². The van der Waals surface area contributed by atoms with E-state index < -0.39 is 0 Å². The van der Waals surface area contributed by atoms with E-state index in [2.05, 4.69) is 44.8 Å². The fourth-order valence-corrected chi connectivity index (χ4v) is 3.16. The van der Waals surface area contributed by atoms with E-state index in [1.54, 1.807) is 0 Å². The average molecular weight is 340 g/mol. The molecular weight excluding hydrogens is 329 g/mol. The highest BCUT2D eigenvalue weighted by molar-refractivity contribution is 9.10. The van der Waals surface area contributed by atoms with Gasteiger partial charge < -0.3 is 4.57 Å². The topological polar surface area (TPSA) is 4.93 Å². The number of rotatable bonds is 1. The second-order valence-corrected chi connectivity index (χ2v) is 5.91. The van der Waals surface area contributed by atoms with Crippen LogP contribution in [0.5, 0.6) is 0 Å². The van der Waals surface area contributed by atoms with Crippen LogP contribution in [0.3, 0.4) is 0 Å². The molecule has 0 radical (unpaired) electrons. The van der Waals surface area contributed by atoms with Gasteiger partial charge in [-0.15, -0.1) is 0 Å². The molecule has 0 bridgehead atoms. The van der Waals surface area contributed by atoms with Crippen molar-refractivity contribution in [2.75, 3.05) is 0 Å². The number of benzene rings is 3. The lowest BCUT2D eigenvalue weighted by Crippen LogP contribution is -1.93. The van der Waals surface area contributed by atoms with Gasteiger partial charge in [0.05, 0.1) is 11.0 Å². The predicted molar refractivity (Wildman–Crippen MR) is 88.4 cm³/mol. The van der Waals surface area contributed by atoms with Gasteiger partial charge in [-0.05, 0) is 42.5 Å². The Labute approximate surface area is 129 Å². The first-order valence-electron chi connectivity index (χ1n) is 6.69. The highest BCUT2D eigenvalue weighted by atomic mass is 79.9. The summed E-state index contributed by atoms with van der Waals surface area (Å²) < 4.78 is 16.4. The van der Waals surface area contributed by atoms with E-state index in [9.17, 15) is 4.39 Å². The molecular formula is C18H11BrFN. The van der Waals surface area contributed by atoms with Crippen LogP contribution in [-0.4, -0.2) is 4.57 Å². The summed E-state index contributed by atoms with van der Waals surface area (Å²) in [6, 6.07) is 21.1. The Morgan fingerprint density at radius 3 is 2.29 bits per heavy atom. The van der Waals surface area contributed by atoms with Crippen LogP contribution in [0.1, 0.15) is 0 Å². The summed E-state index contributed by atoms with van der Waals surface area (Å²) in [4.78, 5) is 0. The Morgan fingerprint density at radius 1 is 0.762 bits per heavy atom. The summed E-state index contributed by atoms with van der Waals surface area (Å²) in [7, 11) is 0. The maximum atomic E-state index is 13.2. The van der Waals surface area contributed by atoms with Crippen LogP contribution in [0.25, 0.3) is 27.5 Å². The van der Waals surface area contributed by atoms with Gasteiger partial charge in [0.15, 0.2) is 0 Å². The van der Waals surface area contributed by atoms with Gasteiger partial charge in [0.2, 0.25) is 0 Å². The molecule has 0 saturated heterocycles. The number of aromatic nitrogens is 1. The number of para-hydroxylation sites is 1. The Morgan fingerprint density at radius 2 is 1.48 bits per heavy atom. The third kappa shape index (κ3) is 1.96. The number of halogens is 2. The van der Waals surface area contributed by atoms with Crippen molar-refractivity contribution in [2.24, 2.45) is 0 Å². The van der Waals surface area contributed by atoms with Gasteiger partial charge in [0.1, 0.15) is 5.82 Å². The van der Waals surface area contributed by atoms with Crippen LogP contribution < -0.4 is 0 Å². The average Bonchev–Trinajstić information content (AvgIpc) is 2.82. The summed E-state index contributed by atoms with van der Waals surface area (Å²) >= 11 is 3.53. The lowest BCUT2D eigenvalue weighted by atomic mass is 10.2. The van der Waals surface area contributed by atoms with Crippen molar-refractivity contribution < 1.29 is 4.39 Å². The van der Waals surface area contributed by atoms with Crippen LogP contribution in [-0.2, 0) is 0 Å². The molecule has 0 fully saturated rings.